The quantitative estimate of drug-likeness (QED) is 0.186. The highest BCUT2D eigenvalue weighted by atomic mass is 35.5. The molecule has 0 aliphatic carbocycles. The molecule has 0 saturated carbocycles. The summed E-state index contributed by atoms with van der Waals surface area (Å²) in [7, 11) is 0. The van der Waals surface area contributed by atoms with Crippen molar-refractivity contribution in [1.29, 1.82) is 5.26 Å². The Morgan fingerprint density at radius 2 is 1.87 bits per heavy atom. The number of amides is 3. The van der Waals surface area contributed by atoms with Crippen LogP contribution in [0.5, 0.6) is 5.75 Å². The van der Waals surface area contributed by atoms with Crippen LogP contribution < -0.4 is 10.5 Å². The summed E-state index contributed by atoms with van der Waals surface area (Å²) in [6, 6.07) is 8.28. The van der Waals surface area contributed by atoms with Gasteiger partial charge in [0, 0.05) is 29.4 Å². The number of nitrogens with zero attached hydrogens (tertiary/aromatic N) is 4. The number of carbonyl (C=O) groups excluding carboxylic acids is 2. The topological polar surface area (TPSA) is 121 Å². The number of pyridine rings is 1. The minimum Gasteiger partial charge on any atom is -0.506 e. The maximum Gasteiger partial charge on any atom is 0.362 e. The summed E-state index contributed by atoms with van der Waals surface area (Å²) < 4.78 is 54.4. The smallest absolute Gasteiger partial charge is 0.362 e. The molecule has 0 spiro atoms. The van der Waals surface area contributed by atoms with E-state index in [-0.39, 0.29) is 57.3 Å². The van der Waals surface area contributed by atoms with Crippen molar-refractivity contribution in [2.45, 2.75) is 47.0 Å². The van der Waals surface area contributed by atoms with E-state index >= 15 is 0 Å². The van der Waals surface area contributed by atoms with Crippen molar-refractivity contribution in [3.8, 4) is 11.8 Å². The van der Waals surface area contributed by atoms with Gasteiger partial charge in [-0.05, 0) is 59.5 Å². The zero-order valence-electron chi connectivity index (χ0n) is 23.4. The number of nitriles is 1. The number of fused-ring (bicyclic) bond motifs is 1. The molecule has 2 aliphatic rings. The maximum absolute atomic E-state index is 14.1. The number of anilines is 1. The fourth-order valence-electron chi connectivity index (χ4n) is 5.43. The fourth-order valence-corrected chi connectivity index (χ4v) is 7.17. The van der Waals surface area contributed by atoms with E-state index in [1.54, 1.807) is 6.07 Å². The average molecular weight is 719 g/mol. The van der Waals surface area contributed by atoms with Crippen molar-refractivity contribution in [3.63, 3.8) is 0 Å². The molecule has 46 heavy (non-hydrogen) atoms. The normalized spacial score (nSPS) is 16.6. The van der Waals surface area contributed by atoms with Gasteiger partial charge in [-0.1, -0.05) is 41.0 Å². The third kappa shape index (κ3) is 6.60. The molecule has 1 aromatic heterocycles. The molecule has 2 aliphatic heterocycles. The Bertz CT molecular complexity index is 1800. The van der Waals surface area contributed by atoms with E-state index in [2.05, 4.69) is 0 Å². The van der Waals surface area contributed by atoms with Crippen LogP contribution in [0.3, 0.4) is 0 Å². The van der Waals surface area contributed by atoms with Crippen LogP contribution in [0.25, 0.3) is 0 Å². The van der Waals surface area contributed by atoms with E-state index in [4.69, 9.17) is 34.8 Å². The van der Waals surface area contributed by atoms with Gasteiger partial charge in [-0.15, -0.1) is 0 Å². The average Bonchev–Trinajstić information content (AvgIpc) is 3.32. The molecule has 3 amide bonds. The number of nitrogens with one attached hydrogen (secondary N) is 1. The zero-order chi connectivity index (χ0) is 33.5. The molecule has 3 aromatic rings. The molecule has 2 N–H and O–H groups in total. The number of aromatic hydroxyl groups is 1. The number of aromatic amines is 1. The number of phenols is 1. The van der Waals surface area contributed by atoms with Gasteiger partial charge in [-0.25, -0.2) is 13.6 Å². The molecule has 1 saturated heterocycles. The Morgan fingerprint density at radius 3 is 2.50 bits per heavy atom. The van der Waals surface area contributed by atoms with Crippen LogP contribution in [-0.2, 0) is 11.9 Å². The molecular weight excluding hydrogens is 697 g/mol. The van der Waals surface area contributed by atoms with Crippen LogP contribution >= 0.6 is 46.6 Å². The molecule has 0 unspecified atom stereocenters. The van der Waals surface area contributed by atoms with Gasteiger partial charge in [-0.2, -0.15) is 14.0 Å². The zero-order valence-corrected chi connectivity index (χ0v) is 26.5. The van der Waals surface area contributed by atoms with E-state index in [1.165, 1.54) is 29.2 Å². The third-order valence-corrected chi connectivity index (χ3v) is 9.71. The van der Waals surface area contributed by atoms with Crippen LogP contribution in [-0.4, -0.2) is 57.9 Å². The number of halogens is 7. The van der Waals surface area contributed by atoms with Crippen LogP contribution in [0, 0.1) is 11.3 Å². The van der Waals surface area contributed by atoms with Crippen molar-refractivity contribution in [2.75, 3.05) is 24.5 Å². The lowest BCUT2D eigenvalue weighted by Crippen LogP contribution is -2.50. The number of rotatable bonds is 8. The largest absolute Gasteiger partial charge is 0.506 e. The molecule has 17 heteroatoms. The van der Waals surface area contributed by atoms with Crippen molar-refractivity contribution in [3.05, 3.63) is 79.2 Å². The van der Waals surface area contributed by atoms with Crippen LogP contribution in [0.1, 0.15) is 46.1 Å². The van der Waals surface area contributed by atoms with Crippen LogP contribution in [0.4, 0.5) is 28.0 Å². The molecule has 0 bridgehead atoms. The Morgan fingerprint density at radius 1 is 1.17 bits per heavy atom. The van der Waals surface area contributed by atoms with Gasteiger partial charge in [0.05, 0.1) is 40.8 Å². The van der Waals surface area contributed by atoms with Gasteiger partial charge in [-0.3, -0.25) is 14.5 Å². The summed E-state index contributed by atoms with van der Waals surface area (Å²) in [4.78, 5) is 45.6. The lowest BCUT2D eigenvalue weighted by atomic mass is 10.0. The third-order valence-electron chi connectivity index (χ3n) is 7.47. The number of aromatic nitrogens is 1. The molecule has 5 rings (SSSR count). The number of phenolic OH excluding ortho intramolecular Hbond substituents is 1. The summed E-state index contributed by atoms with van der Waals surface area (Å²) in [6.07, 6.45) is -2.68. The summed E-state index contributed by atoms with van der Waals surface area (Å²) >= 11 is 18.5. The van der Waals surface area contributed by atoms with Crippen LogP contribution in [0.15, 0.2) is 51.0 Å². The van der Waals surface area contributed by atoms with Gasteiger partial charge < -0.3 is 19.9 Å². The number of urea groups is 1. The lowest BCUT2D eigenvalue weighted by molar-refractivity contribution is 0.0684. The van der Waals surface area contributed by atoms with Gasteiger partial charge >= 0.3 is 11.4 Å². The summed E-state index contributed by atoms with van der Waals surface area (Å²) in [5.41, 5.74) is -1.97. The summed E-state index contributed by atoms with van der Waals surface area (Å²) in [5, 5.41) is 16.8. The van der Waals surface area contributed by atoms with E-state index in [0.717, 1.165) is 15.9 Å². The number of hydrogen-bond donors (Lipinski definition) is 2. The van der Waals surface area contributed by atoms with Crippen molar-refractivity contribution < 1.29 is 32.3 Å². The van der Waals surface area contributed by atoms with Crippen molar-refractivity contribution >= 4 is 64.2 Å². The summed E-state index contributed by atoms with van der Waals surface area (Å²) in [5.74, 6) is -1.33. The number of H-pyrrole nitrogens is 1. The maximum atomic E-state index is 14.1. The predicted molar refractivity (Wildman–Crippen MR) is 163 cm³/mol. The minimum atomic E-state index is -4.00. The fraction of sp³-hybridized carbons (Fsp3) is 0.310. The minimum absolute atomic E-state index is 0.0175. The highest BCUT2D eigenvalue weighted by Gasteiger charge is 2.40. The SMILES string of the molecule is N#CC[C@@H]1c2cc(O)c(N3CCCN(CC(F)F)C3=O)cc2CN1C(=O)c1c(Sc2c(Cl)cccc2Cl)cc(C(F)(F)Cl)[nH]c1=O. The second-order valence-corrected chi connectivity index (χ2v) is 12.7. The monoisotopic (exact) mass is 717 g/mol. The molecule has 242 valence electrons. The molecule has 9 nitrogen and oxygen atoms in total. The second kappa shape index (κ2) is 13.2. The lowest BCUT2D eigenvalue weighted by Gasteiger charge is -2.35. The standard InChI is InChI=1S/C29H22Cl3F4N5O4S/c30-16-3-1-4-17(31)25(16)46-21-11-22(29(32,35)36)38-26(43)24(21)27(44)41-12-14-9-19(20(42)10-15(14)18(41)5-6-37)40-8-2-7-39(28(40)45)13-23(33)34/h1,3-4,9-11,18,23,42H,2,5,7-8,12-13H2,(H,38,43)/t18-/m1/s1. The molecule has 0 radical (unpaired) electrons. The first kappa shape index (κ1) is 33.7. The Hall–Kier alpha value is -3.64. The van der Waals surface area contributed by atoms with Gasteiger partial charge in [0.15, 0.2) is 0 Å². The number of carbonyl (C=O) groups is 2. The van der Waals surface area contributed by atoms with Crippen molar-refractivity contribution in [2.24, 2.45) is 0 Å². The van der Waals surface area contributed by atoms with Gasteiger partial charge in [0.1, 0.15) is 17.0 Å². The van der Waals surface area contributed by atoms with E-state index < -0.39 is 53.1 Å². The Labute approximate surface area is 278 Å². The predicted octanol–water partition coefficient (Wildman–Crippen LogP) is 7.33. The number of alkyl halides is 5. The molecule has 1 fully saturated rings. The first-order chi connectivity index (χ1) is 21.7. The Balaban J connectivity index is 1.56. The van der Waals surface area contributed by atoms with Crippen LogP contribution in [0.2, 0.25) is 10.0 Å². The molecule has 1 atom stereocenters. The molecule has 2 aromatic carbocycles. The van der Waals surface area contributed by atoms with Crippen molar-refractivity contribution in [1.82, 2.24) is 14.8 Å². The van der Waals surface area contributed by atoms with E-state index in [9.17, 15) is 42.3 Å². The first-order valence-corrected chi connectivity index (χ1v) is 15.5. The number of benzene rings is 2. The summed E-state index contributed by atoms with van der Waals surface area (Å²) in [6.45, 7) is -0.745. The highest BCUT2D eigenvalue weighted by Crippen LogP contribution is 2.45. The highest BCUT2D eigenvalue weighted by molar-refractivity contribution is 7.99. The van der Waals surface area contributed by atoms with Gasteiger partial charge in [0.2, 0.25) is 0 Å². The molecular formula is C29H22Cl3F4N5O4S. The molecule has 3 heterocycles. The second-order valence-electron chi connectivity index (χ2n) is 10.4. The Kier molecular flexibility index (Phi) is 9.70. The first-order valence-electron chi connectivity index (χ1n) is 13.6. The van der Waals surface area contributed by atoms with Gasteiger partial charge in [0.25, 0.3) is 17.9 Å². The van der Waals surface area contributed by atoms with E-state index in [0.29, 0.717) is 29.3 Å². The number of hydrogen-bond acceptors (Lipinski definition) is 6. The van der Waals surface area contributed by atoms with E-state index in [1.807, 2.05) is 11.1 Å².